The van der Waals surface area contributed by atoms with E-state index < -0.39 is 29.8 Å². The van der Waals surface area contributed by atoms with Crippen LogP contribution in [0.1, 0.15) is 41.5 Å². The molecule has 10 nitrogen and oxygen atoms in total. The van der Waals surface area contributed by atoms with E-state index in [9.17, 15) is 29.4 Å². The molecule has 0 aromatic heterocycles. The Balaban J connectivity index is 1.66. The first kappa shape index (κ1) is 37.5. The van der Waals surface area contributed by atoms with E-state index >= 15 is 0 Å². The fraction of sp³-hybridized carbons (Fsp3) is 0.300. The molecule has 0 fully saturated rings. The van der Waals surface area contributed by atoms with E-state index in [0.717, 1.165) is 28.5 Å². The summed E-state index contributed by atoms with van der Waals surface area (Å²) in [7, 11) is 0. The predicted molar refractivity (Wildman–Crippen MR) is 193 cm³/mol. The minimum absolute atomic E-state index is 0.119. The molecule has 4 atom stereocenters. The van der Waals surface area contributed by atoms with Crippen molar-refractivity contribution in [2.75, 3.05) is 6.54 Å². The zero-order valence-electron chi connectivity index (χ0n) is 28.0. The number of rotatable bonds is 20. The van der Waals surface area contributed by atoms with E-state index in [-0.39, 0.29) is 24.8 Å². The summed E-state index contributed by atoms with van der Waals surface area (Å²) in [6.07, 6.45) is 1.46. The predicted octanol–water partition coefficient (Wildman–Crippen LogP) is 5.62. The highest BCUT2D eigenvalue weighted by Gasteiger charge is 2.43. The smallest absolute Gasteiger partial charge is 0.411 e. The molecule has 0 spiro atoms. The van der Waals surface area contributed by atoms with Crippen molar-refractivity contribution in [1.29, 1.82) is 0 Å². The van der Waals surface area contributed by atoms with Crippen molar-refractivity contribution >= 4 is 24.4 Å². The summed E-state index contributed by atoms with van der Waals surface area (Å²) < 4.78 is 0. The van der Waals surface area contributed by atoms with Gasteiger partial charge >= 0.3 is 12.2 Å². The molecule has 50 heavy (non-hydrogen) atoms. The number of carboxylic acid groups (broad SMARTS) is 2. The minimum Gasteiger partial charge on any atom is -0.465 e. The second-order valence-electron chi connectivity index (χ2n) is 12.5. The number of nitrogens with one attached hydrogen (secondary N) is 4. The first-order valence-electron chi connectivity index (χ1n) is 16.9. The van der Waals surface area contributed by atoms with Gasteiger partial charge in [-0.05, 0) is 66.8 Å². The normalized spacial score (nSPS) is 14.0. The summed E-state index contributed by atoms with van der Waals surface area (Å²) in [5.41, 5.74) is 2.26. The number of hydrogen-bond donors (Lipinski definition) is 6. The summed E-state index contributed by atoms with van der Waals surface area (Å²) in [6.45, 7) is 0.581. The van der Waals surface area contributed by atoms with Gasteiger partial charge in [0.05, 0.1) is 12.1 Å². The number of aldehydes is 1. The van der Waals surface area contributed by atoms with Gasteiger partial charge < -0.3 is 25.6 Å². The molecule has 262 valence electrons. The molecule has 0 radical (unpaired) electrons. The number of carbonyl (C=O) groups excluding carboxylic acids is 2. The van der Waals surface area contributed by atoms with Gasteiger partial charge in [0.25, 0.3) is 0 Å². The molecule has 0 saturated carbocycles. The molecule has 4 aromatic carbocycles. The molecule has 0 heterocycles. The Morgan fingerprint density at radius 2 is 1.14 bits per heavy atom. The SMILES string of the molecule is O=CC(Cc1ccccc1)NCCCC[C@@H](Cc1ccccc1)C(Cc1ccccc1)(NC(=O)O)N[C@@H](Cc1ccccc1)C(=O)NC(=O)O. The number of unbranched alkanes of at least 4 members (excludes halogenated alkanes) is 1. The van der Waals surface area contributed by atoms with Gasteiger partial charge in [-0.1, -0.05) is 128 Å². The Morgan fingerprint density at radius 3 is 1.64 bits per heavy atom. The van der Waals surface area contributed by atoms with Crippen LogP contribution in [0.25, 0.3) is 0 Å². The maximum atomic E-state index is 13.5. The van der Waals surface area contributed by atoms with Crippen molar-refractivity contribution in [2.45, 2.75) is 62.7 Å². The molecule has 0 saturated heterocycles. The molecule has 6 N–H and O–H groups in total. The largest absolute Gasteiger partial charge is 0.465 e. The maximum absolute atomic E-state index is 13.5. The third-order valence-electron chi connectivity index (χ3n) is 8.79. The van der Waals surface area contributed by atoms with Crippen LogP contribution in [0.2, 0.25) is 0 Å². The zero-order valence-corrected chi connectivity index (χ0v) is 28.0. The lowest BCUT2D eigenvalue weighted by Gasteiger charge is -2.44. The molecular weight excluding hydrogens is 632 g/mol. The Morgan fingerprint density at radius 1 is 0.640 bits per heavy atom. The van der Waals surface area contributed by atoms with Crippen molar-refractivity contribution < 1.29 is 29.4 Å². The van der Waals surface area contributed by atoms with Crippen LogP contribution in [0.15, 0.2) is 121 Å². The average molecular weight is 679 g/mol. The third kappa shape index (κ3) is 12.3. The van der Waals surface area contributed by atoms with Gasteiger partial charge in [-0.2, -0.15) is 0 Å². The van der Waals surface area contributed by atoms with Gasteiger partial charge in [-0.15, -0.1) is 0 Å². The van der Waals surface area contributed by atoms with Crippen LogP contribution >= 0.6 is 0 Å². The second-order valence-corrected chi connectivity index (χ2v) is 12.5. The Labute approximate surface area is 293 Å². The third-order valence-corrected chi connectivity index (χ3v) is 8.79. The monoisotopic (exact) mass is 678 g/mol. The van der Waals surface area contributed by atoms with Crippen LogP contribution in [0, 0.1) is 5.92 Å². The molecular formula is C40H46N4O6. The number of hydrogen-bond acceptors (Lipinski definition) is 6. The average Bonchev–Trinajstić information content (AvgIpc) is 3.11. The Bertz CT molecular complexity index is 1630. The van der Waals surface area contributed by atoms with Gasteiger partial charge in [0.15, 0.2) is 0 Å². The summed E-state index contributed by atoms with van der Waals surface area (Å²) in [6, 6.07) is 36.7. The summed E-state index contributed by atoms with van der Waals surface area (Å²) in [5, 5.41) is 31.4. The Kier molecular flexibility index (Phi) is 14.7. The molecule has 0 bridgehead atoms. The topological polar surface area (TPSA) is 157 Å². The number of amides is 3. The first-order valence-corrected chi connectivity index (χ1v) is 16.9. The van der Waals surface area contributed by atoms with Gasteiger partial charge in [-0.25, -0.2) is 9.59 Å². The van der Waals surface area contributed by atoms with Crippen LogP contribution in [0.5, 0.6) is 0 Å². The number of benzene rings is 4. The van der Waals surface area contributed by atoms with E-state index in [1.807, 2.05) is 127 Å². The van der Waals surface area contributed by atoms with Crippen LogP contribution in [-0.2, 0) is 35.3 Å². The van der Waals surface area contributed by atoms with E-state index in [1.165, 1.54) is 0 Å². The standard InChI is InChI=1S/C40H46N4O6/c45-29-35(26-31-17-7-2-8-18-31)41-24-14-13-23-34(25-30-15-5-1-6-16-30)40(44-39(49)50,28-33-21-11-4-12-22-33)43-36(37(46)42-38(47)48)27-32-19-9-3-10-20-32/h1-12,15-22,29,34-36,41,43-44H,13-14,23-28H2,(H,42,46)(H,47,48)(H,49,50)/t34-,35?,36-,40?/m0/s1. The highest BCUT2D eigenvalue weighted by Crippen LogP contribution is 2.30. The van der Waals surface area contributed by atoms with Gasteiger partial charge in [0, 0.05) is 6.42 Å². The lowest BCUT2D eigenvalue weighted by atomic mass is 9.78. The van der Waals surface area contributed by atoms with E-state index in [4.69, 9.17) is 0 Å². The van der Waals surface area contributed by atoms with E-state index in [1.54, 1.807) is 0 Å². The van der Waals surface area contributed by atoms with Crippen molar-refractivity contribution in [1.82, 2.24) is 21.3 Å². The summed E-state index contributed by atoms with van der Waals surface area (Å²) in [5.74, 6) is -1.17. The van der Waals surface area contributed by atoms with Crippen molar-refractivity contribution in [3.8, 4) is 0 Å². The second kappa shape index (κ2) is 19.6. The van der Waals surface area contributed by atoms with Gasteiger partial charge in [-0.3, -0.25) is 15.4 Å². The molecule has 10 heteroatoms. The highest BCUT2D eigenvalue weighted by atomic mass is 16.4. The van der Waals surface area contributed by atoms with Crippen molar-refractivity contribution in [3.63, 3.8) is 0 Å². The number of carbonyl (C=O) groups is 4. The van der Waals surface area contributed by atoms with Crippen LogP contribution in [0.3, 0.4) is 0 Å². The molecule has 0 aliphatic heterocycles. The summed E-state index contributed by atoms with van der Waals surface area (Å²) in [4.78, 5) is 49.7. The Hall–Kier alpha value is -5.32. The fourth-order valence-electron chi connectivity index (χ4n) is 6.43. The molecule has 0 aliphatic rings. The van der Waals surface area contributed by atoms with Crippen LogP contribution < -0.4 is 21.3 Å². The van der Waals surface area contributed by atoms with Gasteiger partial charge in [0.2, 0.25) is 5.91 Å². The lowest BCUT2D eigenvalue weighted by molar-refractivity contribution is -0.123. The zero-order chi connectivity index (χ0) is 35.6. The van der Waals surface area contributed by atoms with E-state index in [0.29, 0.717) is 38.6 Å². The fourth-order valence-corrected chi connectivity index (χ4v) is 6.43. The van der Waals surface area contributed by atoms with Crippen LogP contribution in [-0.4, -0.2) is 58.9 Å². The van der Waals surface area contributed by atoms with Crippen molar-refractivity contribution in [2.24, 2.45) is 5.92 Å². The lowest BCUT2D eigenvalue weighted by Crippen LogP contribution is -2.69. The quantitative estimate of drug-likeness (QED) is 0.0400. The molecule has 4 aromatic rings. The summed E-state index contributed by atoms with van der Waals surface area (Å²) >= 11 is 0. The molecule has 4 rings (SSSR count). The minimum atomic E-state index is -1.50. The molecule has 0 aliphatic carbocycles. The molecule has 3 amide bonds. The van der Waals surface area contributed by atoms with E-state index in [2.05, 4.69) is 16.0 Å². The van der Waals surface area contributed by atoms with Crippen LogP contribution in [0.4, 0.5) is 9.59 Å². The molecule has 2 unspecified atom stereocenters. The van der Waals surface area contributed by atoms with Gasteiger partial charge in [0.1, 0.15) is 11.9 Å². The maximum Gasteiger partial charge on any atom is 0.411 e. The highest BCUT2D eigenvalue weighted by molar-refractivity contribution is 5.94. The number of imide groups is 1. The van der Waals surface area contributed by atoms with Crippen molar-refractivity contribution in [3.05, 3.63) is 144 Å². The first-order chi connectivity index (χ1) is 24.3.